The molecule has 1 aromatic heterocycles. The summed E-state index contributed by atoms with van der Waals surface area (Å²) < 4.78 is 6.33. The zero-order chi connectivity index (χ0) is 17.6. The Labute approximate surface area is 157 Å². The summed E-state index contributed by atoms with van der Waals surface area (Å²) in [5.74, 6) is 0. The molecule has 4 rings (SSSR count). The van der Waals surface area contributed by atoms with Crippen LogP contribution in [0.15, 0.2) is 57.7 Å². The van der Waals surface area contributed by atoms with Gasteiger partial charge < -0.3 is 27.5 Å². The van der Waals surface area contributed by atoms with Crippen molar-refractivity contribution < 1.29 is 22.6 Å². The highest BCUT2D eigenvalue weighted by molar-refractivity contribution is 6.08. The molecule has 0 unspecified atom stereocenters. The molecule has 0 radical (unpaired) electrons. The molecule has 1 heterocycles. The third-order valence-electron chi connectivity index (χ3n) is 4.71. The van der Waals surface area contributed by atoms with Crippen molar-refractivity contribution >= 4 is 38.4 Å². The first-order chi connectivity index (χ1) is 12.1. The van der Waals surface area contributed by atoms with Crippen molar-refractivity contribution in [1.29, 1.82) is 0 Å². The lowest BCUT2D eigenvalue weighted by Crippen LogP contribution is -3.00. The molecule has 3 aromatic carbocycles. The quantitative estimate of drug-likeness (QED) is 0.407. The van der Waals surface area contributed by atoms with E-state index in [-0.39, 0.29) is 17.8 Å². The van der Waals surface area contributed by atoms with Crippen molar-refractivity contribution in [2.45, 2.75) is 6.42 Å². The van der Waals surface area contributed by atoms with Crippen LogP contribution < -0.4 is 28.5 Å². The highest BCUT2D eigenvalue weighted by atomic mass is 35.5. The Morgan fingerprint density at radius 1 is 0.962 bits per heavy atom. The smallest absolute Gasteiger partial charge is 0.179 e. The highest BCUT2D eigenvalue weighted by Gasteiger charge is 2.13. The molecule has 0 amide bonds. The average Bonchev–Trinajstić information content (AvgIpc) is 2.60. The first-order valence-corrected chi connectivity index (χ1v) is 8.47. The van der Waals surface area contributed by atoms with Gasteiger partial charge in [0.05, 0.1) is 6.54 Å². The summed E-state index contributed by atoms with van der Waals surface area (Å²) in [5.41, 5.74) is 8.10. The Hall–Kier alpha value is -2.56. The van der Waals surface area contributed by atoms with E-state index in [2.05, 4.69) is 34.9 Å². The molecule has 0 fully saturated rings. The molecule has 0 aliphatic carbocycles. The van der Waals surface area contributed by atoms with Gasteiger partial charge in [-0.3, -0.25) is 4.79 Å². The molecule has 0 saturated carbocycles. The molecule has 0 aliphatic heterocycles. The predicted octanol–water partition coefficient (Wildman–Crippen LogP) is -0.0462. The maximum Gasteiger partial charge on any atom is 0.179 e. The molecule has 0 saturated heterocycles. The number of anilines is 1. The summed E-state index contributed by atoms with van der Waals surface area (Å²) in [7, 11) is 4.04. The maximum absolute atomic E-state index is 11.7. The molecule has 4 nitrogen and oxygen atoms in total. The van der Waals surface area contributed by atoms with E-state index in [1.54, 1.807) is 12.1 Å². The third-order valence-corrected chi connectivity index (χ3v) is 4.71. The van der Waals surface area contributed by atoms with Crippen molar-refractivity contribution in [1.82, 2.24) is 0 Å². The van der Waals surface area contributed by atoms with E-state index in [1.807, 2.05) is 26.2 Å². The van der Waals surface area contributed by atoms with Crippen LogP contribution in [0.3, 0.4) is 0 Å². The molecular weight excluding hydrogens is 348 g/mol. The summed E-state index contributed by atoms with van der Waals surface area (Å²) >= 11 is 0. The van der Waals surface area contributed by atoms with E-state index in [0.717, 1.165) is 51.4 Å². The Balaban J connectivity index is 0.00000196. The van der Waals surface area contributed by atoms with Crippen molar-refractivity contribution in [3.05, 3.63) is 64.3 Å². The van der Waals surface area contributed by atoms with E-state index in [4.69, 9.17) is 4.42 Å². The van der Waals surface area contributed by atoms with Gasteiger partial charge in [-0.1, -0.05) is 12.1 Å². The van der Waals surface area contributed by atoms with Gasteiger partial charge >= 0.3 is 0 Å². The second-order valence-corrected chi connectivity index (χ2v) is 6.58. The van der Waals surface area contributed by atoms with Gasteiger partial charge in [0.2, 0.25) is 0 Å². The number of halogens is 1. The lowest BCUT2D eigenvalue weighted by atomic mass is 9.98. The molecule has 0 spiro atoms. The van der Waals surface area contributed by atoms with Gasteiger partial charge in [-0.25, -0.2) is 0 Å². The fourth-order valence-electron chi connectivity index (χ4n) is 3.45. The van der Waals surface area contributed by atoms with Crippen LogP contribution in [-0.2, 0) is 6.42 Å². The molecule has 5 heteroatoms. The Morgan fingerprint density at radius 3 is 2.42 bits per heavy atom. The average molecular weight is 369 g/mol. The molecule has 0 bridgehead atoms. The van der Waals surface area contributed by atoms with Crippen molar-refractivity contribution in [3.63, 3.8) is 0 Å². The number of hydrogen-bond donors (Lipinski definition) is 1. The summed E-state index contributed by atoms with van der Waals surface area (Å²) in [6, 6.07) is 15.5. The van der Waals surface area contributed by atoms with E-state index in [0.29, 0.717) is 0 Å². The monoisotopic (exact) mass is 368 g/mol. The maximum atomic E-state index is 11.7. The minimum Gasteiger partial charge on any atom is -1.00 e. The molecule has 0 aliphatic rings. The van der Waals surface area contributed by atoms with Crippen molar-refractivity contribution in [2.75, 3.05) is 25.5 Å². The number of quaternary nitrogens is 1. The standard InChI is InChI=1S/C21H20N2O2.ClH/c1-23(2)14-4-7-18-17(9-10-22)19-6-3-13-11-15(24)5-8-16(13)21(19)25-20(18)12-14;/h3-8,11-12H,9-10,22H2,1-2H3;1H. The number of fused-ring (bicyclic) bond motifs is 4. The number of benzene rings is 3. The Kier molecular flexibility index (Phi) is 4.90. The molecule has 134 valence electrons. The third kappa shape index (κ3) is 2.91. The van der Waals surface area contributed by atoms with Crippen LogP contribution in [0.1, 0.15) is 5.56 Å². The fourth-order valence-corrected chi connectivity index (χ4v) is 3.45. The van der Waals surface area contributed by atoms with Gasteiger partial charge in [-0.2, -0.15) is 0 Å². The van der Waals surface area contributed by atoms with Gasteiger partial charge in [0, 0.05) is 48.4 Å². The van der Waals surface area contributed by atoms with Gasteiger partial charge in [0.15, 0.2) is 5.43 Å². The van der Waals surface area contributed by atoms with Crippen LogP contribution in [0, 0.1) is 0 Å². The zero-order valence-corrected chi connectivity index (χ0v) is 15.6. The van der Waals surface area contributed by atoms with E-state index >= 15 is 0 Å². The molecule has 0 atom stereocenters. The van der Waals surface area contributed by atoms with Crippen LogP contribution in [0.25, 0.3) is 32.7 Å². The Morgan fingerprint density at radius 2 is 1.69 bits per heavy atom. The fraction of sp³-hybridized carbons (Fsp3) is 0.190. The highest BCUT2D eigenvalue weighted by Crippen LogP contribution is 2.34. The first-order valence-electron chi connectivity index (χ1n) is 8.47. The van der Waals surface area contributed by atoms with Crippen LogP contribution in [0.5, 0.6) is 0 Å². The van der Waals surface area contributed by atoms with E-state index in [1.165, 1.54) is 5.56 Å². The van der Waals surface area contributed by atoms with Crippen LogP contribution >= 0.6 is 0 Å². The Bertz CT molecular complexity index is 1170. The SMILES string of the molecule is CN(C)c1ccc2c(CC[NH3+])c3ccc4cc(=O)ccc4c3oc2c1.[Cl-]. The van der Waals surface area contributed by atoms with Gasteiger partial charge in [0.25, 0.3) is 0 Å². The second kappa shape index (κ2) is 6.98. The molecular formula is C21H21ClN2O2. The topological polar surface area (TPSA) is 61.1 Å². The minimum atomic E-state index is 0. The van der Waals surface area contributed by atoms with Crippen molar-refractivity contribution in [2.24, 2.45) is 0 Å². The normalized spacial score (nSPS) is 11.0. The van der Waals surface area contributed by atoms with E-state index < -0.39 is 0 Å². The summed E-state index contributed by atoms with van der Waals surface area (Å²) in [6.45, 7) is 0.821. The molecule has 3 N–H and O–H groups in total. The molecule has 4 aromatic rings. The van der Waals surface area contributed by atoms with Crippen molar-refractivity contribution in [3.8, 4) is 0 Å². The van der Waals surface area contributed by atoms with Gasteiger partial charge in [0.1, 0.15) is 11.2 Å². The zero-order valence-electron chi connectivity index (χ0n) is 14.9. The lowest BCUT2D eigenvalue weighted by molar-refractivity contribution is -0.366. The lowest BCUT2D eigenvalue weighted by Gasteiger charge is -2.15. The second-order valence-electron chi connectivity index (χ2n) is 6.58. The molecule has 26 heavy (non-hydrogen) atoms. The predicted molar refractivity (Wildman–Crippen MR) is 103 cm³/mol. The largest absolute Gasteiger partial charge is 1.00 e. The van der Waals surface area contributed by atoms with E-state index in [9.17, 15) is 4.79 Å². The van der Waals surface area contributed by atoms with Gasteiger partial charge in [-0.15, -0.1) is 0 Å². The first kappa shape index (κ1) is 18.2. The summed E-state index contributed by atoms with van der Waals surface area (Å²) in [5, 5.41) is 4.11. The van der Waals surface area contributed by atoms with Gasteiger partial charge in [-0.05, 0) is 41.3 Å². The van der Waals surface area contributed by atoms with Crippen LogP contribution in [-0.4, -0.2) is 20.6 Å². The number of nitrogens with zero attached hydrogens (tertiary/aromatic N) is 1. The number of rotatable bonds is 3. The van der Waals surface area contributed by atoms with Crippen LogP contribution in [0.4, 0.5) is 5.69 Å². The minimum absolute atomic E-state index is 0. The summed E-state index contributed by atoms with van der Waals surface area (Å²) in [6.07, 6.45) is 0.885. The summed E-state index contributed by atoms with van der Waals surface area (Å²) in [4.78, 5) is 13.7. The van der Waals surface area contributed by atoms with Crippen LogP contribution in [0.2, 0.25) is 0 Å². The number of hydrogen-bond acceptors (Lipinski definition) is 3.